The average Bonchev–Trinajstić information content (AvgIpc) is 3.12. The molecule has 0 unspecified atom stereocenters. The number of nitrogens with zero attached hydrogens (tertiary/aromatic N) is 3. The molecule has 0 N–H and O–H groups in total. The molecule has 0 saturated carbocycles. The van der Waals surface area contributed by atoms with Crippen molar-refractivity contribution >= 4 is 43.5 Å². The number of aromatic nitrogens is 1. The molecule has 33 heavy (non-hydrogen) atoms. The molecule has 0 atom stereocenters. The Hall–Kier alpha value is -2.82. The summed E-state index contributed by atoms with van der Waals surface area (Å²) in [5.41, 5.74) is 2.08. The Kier molecular flexibility index (Phi) is 7.83. The van der Waals surface area contributed by atoms with Crippen molar-refractivity contribution in [2.24, 2.45) is 4.99 Å². The Morgan fingerprint density at radius 2 is 1.85 bits per heavy atom. The summed E-state index contributed by atoms with van der Waals surface area (Å²) in [5, 5.41) is 0. The van der Waals surface area contributed by atoms with Gasteiger partial charge in [0.2, 0.25) is 10.0 Å². The number of rotatable bonds is 8. The third-order valence-corrected chi connectivity index (χ3v) is 8.10. The molecule has 2 aromatic carbocycles. The van der Waals surface area contributed by atoms with Crippen molar-refractivity contribution in [3.63, 3.8) is 0 Å². The lowest BCUT2D eigenvalue weighted by Gasteiger charge is -2.16. The van der Waals surface area contributed by atoms with Crippen molar-refractivity contribution < 1.29 is 22.7 Å². The number of carbonyl (C=O) groups excluding carboxylic acids is 2. The van der Waals surface area contributed by atoms with Gasteiger partial charge in [0.05, 0.1) is 22.2 Å². The van der Waals surface area contributed by atoms with E-state index in [0.29, 0.717) is 11.3 Å². The molecule has 0 radical (unpaired) electrons. The van der Waals surface area contributed by atoms with Crippen LogP contribution in [-0.2, 0) is 26.1 Å². The second-order valence-electron chi connectivity index (χ2n) is 7.64. The van der Waals surface area contributed by atoms with Gasteiger partial charge in [-0.25, -0.2) is 12.7 Å². The van der Waals surface area contributed by atoms with Gasteiger partial charge in [0.1, 0.15) is 6.54 Å². The molecule has 1 aromatic heterocycles. The number of hydrogen-bond donors (Lipinski definition) is 0. The molecule has 176 valence electrons. The fourth-order valence-electron chi connectivity index (χ4n) is 3.21. The summed E-state index contributed by atoms with van der Waals surface area (Å²) >= 11 is 1.30. The molecule has 0 aliphatic rings. The highest BCUT2D eigenvalue weighted by Gasteiger charge is 2.20. The van der Waals surface area contributed by atoms with Gasteiger partial charge in [-0.1, -0.05) is 30.7 Å². The highest BCUT2D eigenvalue weighted by molar-refractivity contribution is 7.89. The number of amides is 1. The maximum atomic E-state index is 12.9. The first-order valence-electron chi connectivity index (χ1n) is 10.5. The molecule has 0 saturated heterocycles. The second-order valence-corrected chi connectivity index (χ2v) is 10.7. The molecule has 0 aliphatic heterocycles. The third-order valence-electron chi connectivity index (χ3n) is 5.19. The topological polar surface area (TPSA) is 98.0 Å². The minimum Gasteiger partial charge on any atom is -0.468 e. The molecule has 1 amide bonds. The van der Waals surface area contributed by atoms with Gasteiger partial charge in [0.15, 0.2) is 4.80 Å². The van der Waals surface area contributed by atoms with Crippen molar-refractivity contribution in [2.75, 3.05) is 20.7 Å². The van der Waals surface area contributed by atoms with Crippen LogP contribution < -0.4 is 4.80 Å². The largest absolute Gasteiger partial charge is 0.468 e. The summed E-state index contributed by atoms with van der Waals surface area (Å²) in [6, 6.07) is 11.5. The van der Waals surface area contributed by atoms with Gasteiger partial charge in [0.25, 0.3) is 5.91 Å². The average molecular weight is 490 g/mol. The second kappa shape index (κ2) is 10.4. The van der Waals surface area contributed by atoms with Gasteiger partial charge in [-0.3, -0.25) is 9.59 Å². The SMILES string of the molecule is CCCCN(C)S(=O)(=O)c1ccc(C(=O)N=c2sc3cc(C)ccc3n2CC(=O)OC)cc1. The van der Waals surface area contributed by atoms with Crippen molar-refractivity contribution in [2.45, 2.75) is 38.1 Å². The lowest BCUT2D eigenvalue weighted by molar-refractivity contribution is -0.141. The van der Waals surface area contributed by atoms with Gasteiger partial charge in [-0.15, -0.1) is 0 Å². The first-order chi connectivity index (χ1) is 15.7. The number of methoxy groups -OCH3 is 1. The maximum absolute atomic E-state index is 12.9. The summed E-state index contributed by atoms with van der Waals surface area (Å²) in [6.45, 7) is 4.31. The maximum Gasteiger partial charge on any atom is 0.325 e. The van der Waals surface area contributed by atoms with E-state index in [9.17, 15) is 18.0 Å². The summed E-state index contributed by atoms with van der Waals surface area (Å²) in [4.78, 5) is 29.5. The zero-order valence-corrected chi connectivity index (χ0v) is 20.7. The van der Waals surface area contributed by atoms with E-state index in [1.165, 1.54) is 47.0 Å². The first kappa shape index (κ1) is 24.8. The number of ether oxygens (including phenoxy) is 1. The van der Waals surface area contributed by atoms with Crippen molar-refractivity contribution in [3.05, 3.63) is 58.4 Å². The molecule has 0 fully saturated rings. The van der Waals surface area contributed by atoms with Gasteiger partial charge in [-0.2, -0.15) is 4.99 Å². The molecule has 3 aromatic rings. The molecule has 0 aliphatic carbocycles. The fourth-order valence-corrected chi connectivity index (χ4v) is 5.55. The quantitative estimate of drug-likeness (QED) is 0.452. The van der Waals surface area contributed by atoms with E-state index in [1.807, 2.05) is 32.0 Å². The predicted molar refractivity (Wildman–Crippen MR) is 128 cm³/mol. The van der Waals surface area contributed by atoms with E-state index in [-0.39, 0.29) is 17.0 Å². The van der Waals surface area contributed by atoms with Crippen molar-refractivity contribution in [1.29, 1.82) is 0 Å². The molecule has 1 heterocycles. The number of benzene rings is 2. The highest BCUT2D eigenvalue weighted by Crippen LogP contribution is 2.20. The normalized spacial score (nSPS) is 12.5. The van der Waals surface area contributed by atoms with Crippen LogP contribution in [0.2, 0.25) is 0 Å². The first-order valence-corrected chi connectivity index (χ1v) is 12.7. The van der Waals surface area contributed by atoms with E-state index in [0.717, 1.165) is 28.6 Å². The molecular weight excluding hydrogens is 462 g/mol. The third kappa shape index (κ3) is 5.58. The highest BCUT2D eigenvalue weighted by atomic mass is 32.2. The van der Waals surface area contributed by atoms with Crippen LogP contribution in [-0.4, -0.2) is 49.9 Å². The number of thiazole rings is 1. The van der Waals surface area contributed by atoms with Crippen LogP contribution in [0, 0.1) is 6.92 Å². The van der Waals surface area contributed by atoms with Gasteiger partial charge in [-0.05, 0) is 55.3 Å². The minimum atomic E-state index is -3.62. The lowest BCUT2D eigenvalue weighted by atomic mass is 10.2. The monoisotopic (exact) mass is 489 g/mol. The number of aryl methyl sites for hydroxylation is 1. The summed E-state index contributed by atoms with van der Waals surface area (Å²) < 4.78 is 34.0. The smallest absolute Gasteiger partial charge is 0.325 e. The Morgan fingerprint density at radius 1 is 1.15 bits per heavy atom. The molecule has 10 heteroatoms. The summed E-state index contributed by atoms with van der Waals surface area (Å²) in [5.74, 6) is -0.980. The standard InChI is InChI=1S/C23H27N3O5S2/c1-5-6-13-25(3)33(29,30)18-10-8-17(9-11-18)22(28)24-23-26(15-21(27)31-4)19-12-7-16(2)14-20(19)32-23/h7-12,14H,5-6,13,15H2,1-4H3. The van der Waals surface area contributed by atoms with Crippen LogP contribution >= 0.6 is 11.3 Å². The van der Waals surface area contributed by atoms with Gasteiger partial charge >= 0.3 is 5.97 Å². The van der Waals surface area contributed by atoms with Gasteiger partial charge in [0, 0.05) is 19.2 Å². The lowest BCUT2D eigenvalue weighted by Crippen LogP contribution is -2.27. The molecule has 0 bridgehead atoms. The predicted octanol–water partition coefficient (Wildman–Crippen LogP) is 3.35. The van der Waals surface area contributed by atoms with Crippen LogP contribution in [0.25, 0.3) is 10.2 Å². The van der Waals surface area contributed by atoms with E-state index in [1.54, 1.807) is 11.6 Å². The van der Waals surface area contributed by atoms with E-state index in [4.69, 9.17) is 4.74 Å². The molecular formula is C23H27N3O5S2. The number of sulfonamides is 1. The van der Waals surface area contributed by atoms with Gasteiger partial charge < -0.3 is 9.30 Å². The molecule has 3 rings (SSSR count). The summed E-state index contributed by atoms with van der Waals surface area (Å²) in [6.07, 6.45) is 1.66. The number of fused-ring (bicyclic) bond motifs is 1. The zero-order valence-electron chi connectivity index (χ0n) is 19.1. The Balaban J connectivity index is 1.95. The number of esters is 1. The zero-order chi connectivity index (χ0) is 24.2. The van der Waals surface area contributed by atoms with Crippen LogP contribution in [0.3, 0.4) is 0 Å². The summed E-state index contributed by atoms with van der Waals surface area (Å²) in [7, 11) is -0.770. The van der Waals surface area contributed by atoms with E-state index < -0.39 is 21.9 Å². The van der Waals surface area contributed by atoms with Crippen LogP contribution in [0.1, 0.15) is 35.7 Å². The number of carbonyl (C=O) groups is 2. The Bertz CT molecular complexity index is 1340. The fraction of sp³-hybridized carbons (Fsp3) is 0.348. The van der Waals surface area contributed by atoms with Crippen LogP contribution in [0.5, 0.6) is 0 Å². The van der Waals surface area contributed by atoms with Crippen molar-refractivity contribution in [3.8, 4) is 0 Å². The minimum absolute atomic E-state index is 0.0764. The van der Waals surface area contributed by atoms with E-state index in [2.05, 4.69) is 4.99 Å². The molecule has 8 nitrogen and oxygen atoms in total. The number of unbranched alkanes of at least 4 members (excludes halogenated alkanes) is 1. The van der Waals surface area contributed by atoms with E-state index >= 15 is 0 Å². The molecule has 0 spiro atoms. The Labute approximate surface area is 197 Å². The van der Waals surface area contributed by atoms with Crippen LogP contribution in [0.4, 0.5) is 0 Å². The Morgan fingerprint density at radius 3 is 2.48 bits per heavy atom. The van der Waals surface area contributed by atoms with Crippen LogP contribution in [0.15, 0.2) is 52.4 Å². The van der Waals surface area contributed by atoms with Crippen molar-refractivity contribution in [1.82, 2.24) is 8.87 Å². The number of hydrogen-bond acceptors (Lipinski definition) is 6.